The second kappa shape index (κ2) is 5.59. The lowest BCUT2D eigenvalue weighted by Crippen LogP contribution is -2.48. The number of nitrogens with one attached hydrogen (secondary N) is 1. The SMILES string of the molecule is CC(C)C[C@@H](NC(=O)N1CCC(C)(C)C1)C(=O)O. The van der Waals surface area contributed by atoms with Crippen LogP contribution in [0, 0.1) is 11.3 Å². The van der Waals surface area contributed by atoms with E-state index in [1.807, 2.05) is 13.8 Å². The van der Waals surface area contributed by atoms with Crippen LogP contribution in [0.15, 0.2) is 0 Å². The number of hydrogen-bond acceptors (Lipinski definition) is 2. The molecule has 1 saturated heterocycles. The van der Waals surface area contributed by atoms with Gasteiger partial charge in [0, 0.05) is 13.1 Å². The van der Waals surface area contributed by atoms with Gasteiger partial charge in [-0.3, -0.25) is 0 Å². The van der Waals surface area contributed by atoms with E-state index >= 15 is 0 Å². The summed E-state index contributed by atoms with van der Waals surface area (Å²) in [6.07, 6.45) is 1.42. The minimum Gasteiger partial charge on any atom is -0.480 e. The second-order valence-electron chi connectivity index (χ2n) is 6.31. The fraction of sp³-hybridized carbons (Fsp3) is 0.846. The molecule has 2 amide bonds. The number of amides is 2. The first kappa shape index (κ1) is 14.8. The van der Waals surface area contributed by atoms with Crippen LogP contribution >= 0.6 is 0 Å². The molecule has 1 aliphatic heterocycles. The summed E-state index contributed by atoms with van der Waals surface area (Å²) in [5.41, 5.74) is 0.133. The number of likely N-dealkylation sites (tertiary alicyclic amines) is 1. The largest absolute Gasteiger partial charge is 0.480 e. The molecular weight excluding hydrogens is 232 g/mol. The summed E-state index contributed by atoms with van der Waals surface area (Å²) in [7, 11) is 0. The lowest BCUT2D eigenvalue weighted by molar-refractivity contribution is -0.139. The minimum atomic E-state index is -0.962. The molecule has 0 unspecified atom stereocenters. The Balaban J connectivity index is 2.54. The molecule has 0 spiro atoms. The van der Waals surface area contributed by atoms with Gasteiger partial charge in [0.05, 0.1) is 0 Å². The second-order valence-corrected chi connectivity index (χ2v) is 6.31. The van der Waals surface area contributed by atoms with Crippen LogP contribution in [0.4, 0.5) is 4.79 Å². The maximum absolute atomic E-state index is 12.0. The van der Waals surface area contributed by atoms with E-state index in [0.717, 1.165) is 6.42 Å². The molecule has 0 aliphatic carbocycles. The quantitative estimate of drug-likeness (QED) is 0.807. The number of carboxylic acid groups (broad SMARTS) is 1. The number of hydrogen-bond donors (Lipinski definition) is 2. The zero-order valence-electron chi connectivity index (χ0n) is 11.7. The molecule has 1 rings (SSSR count). The van der Waals surface area contributed by atoms with Crippen LogP contribution in [0.3, 0.4) is 0 Å². The molecule has 0 aromatic carbocycles. The van der Waals surface area contributed by atoms with Gasteiger partial charge in [-0.2, -0.15) is 0 Å². The third kappa shape index (κ3) is 4.20. The summed E-state index contributed by atoms with van der Waals surface area (Å²) in [4.78, 5) is 24.8. The predicted octanol–water partition coefficient (Wildman–Crippen LogP) is 1.93. The van der Waals surface area contributed by atoms with Crippen LogP contribution in [0.5, 0.6) is 0 Å². The molecule has 1 atom stereocenters. The van der Waals surface area contributed by atoms with Crippen LogP contribution < -0.4 is 5.32 Å². The van der Waals surface area contributed by atoms with E-state index in [-0.39, 0.29) is 17.4 Å². The first-order chi connectivity index (χ1) is 8.21. The standard InChI is InChI=1S/C13H24N2O3/c1-9(2)7-10(11(16)17)14-12(18)15-6-5-13(3,4)8-15/h9-10H,5-8H2,1-4H3,(H,14,18)(H,16,17)/t10-/m1/s1. The Morgan fingerprint density at radius 2 is 2.00 bits per heavy atom. The fourth-order valence-electron chi connectivity index (χ4n) is 2.22. The first-order valence-electron chi connectivity index (χ1n) is 6.49. The van der Waals surface area contributed by atoms with Gasteiger partial charge in [0.15, 0.2) is 0 Å². The van der Waals surface area contributed by atoms with Crippen molar-refractivity contribution in [3.05, 3.63) is 0 Å². The van der Waals surface area contributed by atoms with Crippen LogP contribution in [-0.2, 0) is 4.79 Å². The topological polar surface area (TPSA) is 69.6 Å². The Labute approximate surface area is 109 Å². The van der Waals surface area contributed by atoms with Crippen molar-refractivity contribution in [1.82, 2.24) is 10.2 Å². The van der Waals surface area contributed by atoms with Crippen molar-refractivity contribution >= 4 is 12.0 Å². The van der Waals surface area contributed by atoms with Crippen molar-refractivity contribution in [3.8, 4) is 0 Å². The molecule has 0 bridgehead atoms. The van der Waals surface area contributed by atoms with Gasteiger partial charge in [0.25, 0.3) is 0 Å². The highest BCUT2D eigenvalue weighted by atomic mass is 16.4. The van der Waals surface area contributed by atoms with Crippen LogP contribution in [0.1, 0.15) is 40.5 Å². The highest BCUT2D eigenvalue weighted by Crippen LogP contribution is 2.28. The minimum absolute atomic E-state index is 0.133. The molecule has 18 heavy (non-hydrogen) atoms. The summed E-state index contributed by atoms with van der Waals surface area (Å²) in [6.45, 7) is 9.51. The maximum atomic E-state index is 12.0. The zero-order chi connectivity index (χ0) is 13.9. The van der Waals surface area contributed by atoms with Crippen molar-refractivity contribution in [2.75, 3.05) is 13.1 Å². The number of urea groups is 1. The summed E-state index contributed by atoms with van der Waals surface area (Å²) >= 11 is 0. The van der Waals surface area contributed by atoms with Crippen molar-refractivity contribution in [1.29, 1.82) is 0 Å². The van der Waals surface area contributed by atoms with Gasteiger partial charge in [0.2, 0.25) is 0 Å². The Bertz CT molecular complexity index is 326. The average Bonchev–Trinajstić information content (AvgIpc) is 2.57. The Morgan fingerprint density at radius 3 is 2.39 bits per heavy atom. The van der Waals surface area contributed by atoms with Crippen molar-refractivity contribution in [2.24, 2.45) is 11.3 Å². The monoisotopic (exact) mass is 256 g/mol. The number of carbonyl (C=O) groups is 2. The third-order valence-electron chi connectivity index (χ3n) is 3.27. The molecule has 0 aromatic heterocycles. The third-order valence-corrected chi connectivity index (χ3v) is 3.27. The van der Waals surface area contributed by atoms with E-state index in [4.69, 9.17) is 5.11 Å². The van der Waals surface area contributed by atoms with E-state index in [1.165, 1.54) is 0 Å². The van der Waals surface area contributed by atoms with Crippen LogP contribution in [-0.4, -0.2) is 41.1 Å². The smallest absolute Gasteiger partial charge is 0.326 e. The zero-order valence-corrected chi connectivity index (χ0v) is 11.7. The highest BCUT2D eigenvalue weighted by molar-refractivity contribution is 5.82. The summed E-state index contributed by atoms with van der Waals surface area (Å²) in [6, 6.07) is -1.05. The molecule has 5 nitrogen and oxygen atoms in total. The summed E-state index contributed by atoms with van der Waals surface area (Å²) in [5.74, 6) is -0.725. The molecule has 1 fully saturated rings. The fourth-order valence-corrected chi connectivity index (χ4v) is 2.22. The van der Waals surface area contributed by atoms with E-state index in [2.05, 4.69) is 19.2 Å². The summed E-state index contributed by atoms with van der Waals surface area (Å²) < 4.78 is 0. The Hall–Kier alpha value is -1.26. The molecule has 0 aromatic rings. The van der Waals surface area contributed by atoms with Gasteiger partial charge < -0.3 is 15.3 Å². The molecule has 2 N–H and O–H groups in total. The van der Waals surface area contributed by atoms with Gasteiger partial charge in [-0.15, -0.1) is 0 Å². The van der Waals surface area contributed by atoms with Gasteiger partial charge in [-0.05, 0) is 24.2 Å². The highest BCUT2D eigenvalue weighted by Gasteiger charge is 2.33. The lowest BCUT2D eigenvalue weighted by Gasteiger charge is -2.23. The molecule has 5 heteroatoms. The van der Waals surface area contributed by atoms with Gasteiger partial charge in [-0.25, -0.2) is 9.59 Å². The van der Waals surface area contributed by atoms with Crippen molar-refractivity contribution in [2.45, 2.75) is 46.6 Å². The molecular formula is C13H24N2O3. The first-order valence-corrected chi connectivity index (χ1v) is 6.49. The van der Waals surface area contributed by atoms with E-state index in [0.29, 0.717) is 19.5 Å². The number of carbonyl (C=O) groups excluding carboxylic acids is 1. The number of rotatable bonds is 4. The average molecular weight is 256 g/mol. The van der Waals surface area contributed by atoms with Crippen molar-refractivity contribution in [3.63, 3.8) is 0 Å². The summed E-state index contributed by atoms with van der Waals surface area (Å²) in [5, 5.41) is 11.7. The molecule has 1 heterocycles. The molecule has 1 aliphatic rings. The van der Waals surface area contributed by atoms with Crippen molar-refractivity contribution < 1.29 is 14.7 Å². The molecule has 0 saturated carbocycles. The van der Waals surface area contributed by atoms with E-state index < -0.39 is 12.0 Å². The number of nitrogens with zero attached hydrogens (tertiary/aromatic N) is 1. The van der Waals surface area contributed by atoms with Crippen LogP contribution in [0.25, 0.3) is 0 Å². The molecule has 104 valence electrons. The Kier molecular flexibility index (Phi) is 4.59. The predicted molar refractivity (Wildman–Crippen MR) is 69.4 cm³/mol. The normalized spacial score (nSPS) is 19.9. The molecule has 0 radical (unpaired) electrons. The van der Waals surface area contributed by atoms with Gasteiger partial charge >= 0.3 is 12.0 Å². The van der Waals surface area contributed by atoms with Crippen LogP contribution in [0.2, 0.25) is 0 Å². The maximum Gasteiger partial charge on any atom is 0.326 e. The Morgan fingerprint density at radius 1 is 1.39 bits per heavy atom. The van der Waals surface area contributed by atoms with Gasteiger partial charge in [-0.1, -0.05) is 27.7 Å². The van der Waals surface area contributed by atoms with Gasteiger partial charge in [0.1, 0.15) is 6.04 Å². The number of aliphatic carboxylic acids is 1. The number of carboxylic acids is 1. The van der Waals surface area contributed by atoms with E-state index in [1.54, 1.807) is 4.90 Å². The lowest BCUT2D eigenvalue weighted by atomic mass is 9.93. The van der Waals surface area contributed by atoms with E-state index in [9.17, 15) is 9.59 Å².